The van der Waals surface area contributed by atoms with Crippen LogP contribution in [0.15, 0.2) is 35.3 Å². The minimum atomic E-state index is -0.306. The van der Waals surface area contributed by atoms with Crippen molar-refractivity contribution < 1.29 is 4.79 Å². The van der Waals surface area contributed by atoms with Gasteiger partial charge in [0.2, 0.25) is 5.91 Å². The van der Waals surface area contributed by atoms with Crippen LogP contribution in [0, 0.1) is 5.92 Å². The summed E-state index contributed by atoms with van der Waals surface area (Å²) in [6.45, 7) is 7.27. The Hall–Kier alpha value is -1.75. The Balaban J connectivity index is 2.39. The third kappa shape index (κ3) is 3.29. The summed E-state index contributed by atoms with van der Waals surface area (Å²) < 4.78 is 0. The molecule has 2 atom stereocenters. The van der Waals surface area contributed by atoms with Gasteiger partial charge < -0.3 is 10.2 Å². The highest BCUT2D eigenvalue weighted by atomic mass is 32.1. The van der Waals surface area contributed by atoms with Crippen LogP contribution in [-0.4, -0.2) is 34.7 Å². The number of carbonyl (C=O) groups is 1. The molecule has 1 aromatic carbocycles. The normalized spacial score (nSPS) is 21.5. The highest BCUT2D eigenvalue weighted by molar-refractivity contribution is 7.80. The summed E-state index contributed by atoms with van der Waals surface area (Å²) >= 11 is 5.20. The summed E-state index contributed by atoms with van der Waals surface area (Å²) in [5.41, 5.74) is 1.84. The van der Waals surface area contributed by atoms with Crippen LogP contribution in [0.4, 0.5) is 0 Å². The number of carbonyl (C=O) groups excluding carboxylic acids is 1. The van der Waals surface area contributed by atoms with Gasteiger partial charge in [0, 0.05) is 18.8 Å². The first-order valence-corrected chi connectivity index (χ1v) is 7.68. The van der Waals surface area contributed by atoms with Gasteiger partial charge in [-0.05, 0) is 38.6 Å². The Labute approximate surface area is 131 Å². The third-order valence-corrected chi connectivity index (χ3v) is 4.05. The number of amides is 1. The molecule has 0 saturated carbocycles. The second kappa shape index (κ2) is 6.80. The smallest absolute Gasteiger partial charge is 0.233 e. The highest BCUT2D eigenvalue weighted by Gasteiger charge is 2.37. The molecule has 1 N–H and O–H groups in total. The molecule has 1 heterocycles. The minimum Gasteiger partial charge on any atom is -0.353 e. The van der Waals surface area contributed by atoms with Gasteiger partial charge in [0.15, 0.2) is 5.11 Å². The molecular weight excluding hydrogens is 282 g/mol. The SMILES string of the molecule is CCN(CC)C(=O)C1C(C)=NC(=S)NC1c1ccccc1. The van der Waals surface area contributed by atoms with Crippen molar-refractivity contribution in [2.24, 2.45) is 10.9 Å². The van der Waals surface area contributed by atoms with Crippen LogP contribution in [0.3, 0.4) is 0 Å². The summed E-state index contributed by atoms with van der Waals surface area (Å²) in [7, 11) is 0. The average Bonchev–Trinajstić information content (AvgIpc) is 2.48. The van der Waals surface area contributed by atoms with Crippen molar-refractivity contribution in [2.75, 3.05) is 13.1 Å². The minimum absolute atomic E-state index is 0.102. The molecular formula is C16H21N3OS. The summed E-state index contributed by atoms with van der Waals surface area (Å²) in [5, 5.41) is 3.64. The first kappa shape index (κ1) is 15.6. The molecule has 1 aliphatic heterocycles. The van der Waals surface area contributed by atoms with E-state index < -0.39 is 0 Å². The van der Waals surface area contributed by atoms with E-state index in [1.165, 1.54) is 0 Å². The van der Waals surface area contributed by atoms with Gasteiger partial charge >= 0.3 is 0 Å². The fourth-order valence-corrected chi connectivity index (χ4v) is 2.98. The molecule has 0 spiro atoms. The number of nitrogens with zero attached hydrogens (tertiary/aromatic N) is 2. The van der Waals surface area contributed by atoms with Crippen LogP contribution < -0.4 is 5.32 Å². The standard InChI is InChI=1S/C16H21N3OS/c1-4-19(5-2)15(20)13-11(3)17-16(21)18-14(13)12-9-7-6-8-10-12/h6-10,13-14H,4-5H2,1-3H3,(H,18,21). The van der Waals surface area contributed by atoms with E-state index in [0.717, 1.165) is 11.3 Å². The molecule has 0 fully saturated rings. The second-order valence-electron chi connectivity index (χ2n) is 5.08. The Morgan fingerprint density at radius 2 is 1.90 bits per heavy atom. The predicted molar refractivity (Wildman–Crippen MR) is 89.4 cm³/mol. The van der Waals surface area contributed by atoms with Crippen molar-refractivity contribution in [3.63, 3.8) is 0 Å². The van der Waals surface area contributed by atoms with Crippen molar-refractivity contribution in [3.8, 4) is 0 Å². The molecule has 0 bridgehead atoms. The molecule has 1 aromatic rings. The van der Waals surface area contributed by atoms with E-state index in [0.29, 0.717) is 18.2 Å². The molecule has 1 amide bonds. The number of thiocarbonyl (C=S) groups is 1. The maximum absolute atomic E-state index is 12.8. The fraction of sp³-hybridized carbons (Fsp3) is 0.438. The fourth-order valence-electron chi connectivity index (χ4n) is 2.71. The molecule has 5 heteroatoms. The van der Waals surface area contributed by atoms with Gasteiger partial charge in [-0.25, -0.2) is 4.99 Å². The zero-order valence-electron chi connectivity index (χ0n) is 12.7. The van der Waals surface area contributed by atoms with Crippen molar-refractivity contribution in [3.05, 3.63) is 35.9 Å². The van der Waals surface area contributed by atoms with E-state index in [4.69, 9.17) is 12.2 Å². The van der Waals surface area contributed by atoms with Gasteiger partial charge in [-0.1, -0.05) is 30.3 Å². The average molecular weight is 303 g/mol. The van der Waals surface area contributed by atoms with Crippen LogP contribution in [0.1, 0.15) is 32.4 Å². The molecule has 2 unspecified atom stereocenters. The van der Waals surface area contributed by atoms with Gasteiger partial charge in [0.05, 0.1) is 6.04 Å². The van der Waals surface area contributed by atoms with E-state index in [1.807, 2.05) is 56.0 Å². The molecule has 112 valence electrons. The molecule has 2 rings (SSSR count). The molecule has 0 aromatic heterocycles. The van der Waals surface area contributed by atoms with Crippen molar-refractivity contribution in [1.82, 2.24) is 10.2 Å². The van der Waals surface area contributed by atoms with Gasteiger partial charge in [0.1, 0.15) is 5.92 Å². The van der Waals surface area contributed by atoms with E-state index in [2.05, 4.69) is 10.3 Å². The molecule has 0 radical (unpaired) electrons. The van der Waals surface area contributed by atoms with Crippen LogP contribution >= 0.6 is 12.2 Å². The van der Waals surface area contributed by atoms with Crippen molar-refractivity contribution >= 4 is 28.9 Å². The number of benzene rings is 1. The summed E-state index contributed by atoms with van der Waals surface area (Å²) in [5.74, 6) is -0.205. The van der Waals surface area contributed by atoms with Gasteiger partial charge in [0.25, 0.3) is 0 Å². The molecule has 1 aliphatic rings. The van der Waals surface area contributed by atoms with Gasteiger partial charge in [-0.3, -0.25) is 4.79 Å². The van der Waals surface area contributed by atoms with Gasteiger partial charge in [-0.2, -0.15) is 0 Å². The maximum Gasteiger partial charge on any atom is 0.233 e. The number of hydrogen-bond donors (Lipinski definition) is 1. The van der Waals surface area contributed by atoms with E-state index in [-0.39, 0.29) is 17.9 Å². The maximum atomic E-state index is 12.8. The Kier molecular flexibility index (Phi) is 5.07. The quantitative estimate of drug-likeness (QED) is 0.870. The highest BCUT2D eigenvalue weighted by Crippen LogP contribution is 2.28. The lowest BCUT2D eigenvalue weighted by molar-refractivity contribution is -0.133. The van der Waals surface area contributed by atoms with E-state index in [9.17, 15) is 4.79 Å². The Morgan fingerprint density at radius 1 is 1.29 bits per heavy atom. The number of hydrogen-bond acceptors (Lipinski definition) is 2. The topological polar surface area (TPSA) is 44.7 Å². The summed E-state index contributed by atoms with van der Waals surface area (Å²) in [6.07, 6.45) is 0. The molecule has 4 nitrogen and oxygen atoms in total. The van der Waals surface area contributed by atoms with E-state index >= 15 is 0 Å². The summed E-state index contributed by atoms with van der Waals surface area (Å²) in [4.78, 5) is 19.0. The molecule has 0 saturated heterocycles. The first-order chi connectivity index (χ1) is 10.1. The second-order valence-corrected chi connectivity index (χ2v) is 5.47. The Bertz CT molecular complexity index is 552. The van der Waals surface area contributed by atoms with Crippen LogP contribution in [0.25, 0.3) is 0 Å². The predicted octanol–water partition coefficient (Wildman–Crippen LogP) is 2.56. The largest absolute Gasteiger partial charge is 0.353 e. The van der Waals surface area contributed by atoms with Crippen LogP contribution in [0.5, 0.6) is 0 Å². The monoisotopic (exact) mass is 303 g/mol. The number of nitrogens with one attached hydrogen (secondary N) is 1. The van der Waals surface area contributed by atoms with Crippen LogP contribution in [0.2, 0.25) is 0 Å². The van der Waals surface area contributed by atoms with Crippen LogP contribution in [-0.2, 0) is 4.79 Å². The zero-order chi connectivity index (χ0) is 15.4. The number of rotatable bonds is 4. The van der Waals surface area contributed by atoms with Crippen molar-refractivity contribution in [2.45, 2.75) is 26.8 Å². The Morgan fingerprint density at radius 3 is 2.48 bits per heavy atom. The molecule has 0 aliphatic carbocycles. The van der Waals surface area contributed by atoms with E-state index in [1.54, 1.807) is 0 Å². The lowest BCUT2D eigenvalue weighted by Crippen LogP contribution is -2.48. The lowest BCUT2D eigenvalue weighted by Gasteiger charge is -2.34. The van der Waals surface area contributed by atoms with Crippen molar-refractivity contribution in [1.29, 1.82) is 0 Å². The zero-order valence-corrected chi connectivity index (χ0v) is 13.5. The number of aliphatic imine (C=N–C) groups is 1. The van der Waals surface area contributed by atoms with Gasteiger partial charge in [-0.15, -0.1) is 0 Å². The third-order valence-electron chi connectivity index (χ3n) is 3.84. The summed E-state index contributed by atoms with van der Waals surface area (Å²) in [6, 6.07) is 9.79. The first-order valence-electron chi connectivity index (χ1n) is 7.27. The lowest BCUT2D eigenvalue weighted by atomic mass is 9.87. The molecule has 21 heavy (non-hydrogen) atoms.